The molecule has 0 spiro atoms. The molecule has 1 radical (unpaired) electrons. The van der Waals surface area contributed by atoms with Crippen molar-refractivity contribution in [3.8, 4) is 0 Å². The van der Waals surface area contributed by atoms with Crippen molar-refractivity contribution in [2.45, 2.75) is 32.6 Å². The maximum Gasteiger partial charge on any atom is 0.306 e. The number of carbonyl (C=O) groups excluding carboxylic acids is 1. The number of unbranched alkanes of at least 4 members (excludes halogenated alkanes) is 2. The SMILES string of the molecule is C[CH]OC(=O)CCCCCO. The van der Waals surface area contributed by atoms with Crippen LogP contribution in [0.25, 0.3) is 0 Å². The summed E-state index contributed by atoms with van der Waals surface area (Å²) in [4.78, 5) is 10.7. The minimum atomic E-state index is -0.189. The predicted octanol–water partition coefficient (Wildman–Crippen LogP) is 1.26. The van der Waals surface area contributed by atoms with Gasteiger partial charge in [0, 0.05) is 13.0 Å². The molecular weight excluding hydrogens is 144 g/mol. The summed E-state index contributed by atoms with van der Waals surface area (Å²) < 4.78 is 4.60. The number of ether oxygens (including phenoxy) is 1. The zero-order valence-electron chi connectivity index (χ0n) is 6.88. The molecule has 0 rings (SSSR count). The maximum atomic E-state index is 10.7. The molecule has 0 unspecified atom stereocenters. The molecule has 0 saturated carbocycles. The third-order valence-corrected chi connectivity index (χ3v) is 1.29. The van der Waals surface area contributed by atoms with Gasteiger partial charge in [-0.05, 0) is 19.8 Å². The minimum Gasteiger partial charge on any atom is -0.459 e. The number of hydrogen-bond acceptors (Lipinski definition) is 3. The molecule has 0 heterocycles. The maximum absolute atomic E-state index is 10.7. The molecule has 0 aliphatic heterocycles. The third kappa shape index (κ3) is 7.33. The Bertz CT molecular complexity index is 102. The monoisotopic (exact) mass is 159 g/mol. The second kappa shape index (κ2) is 7.54. The van der Waals surface area contributed by atoms with Crippen LogP contribution in [0.4, 0.5) is 0 Å². The van der Waals surface area contributed by atoms with Gasteiger partial charge < -0.3 is 9.84 Å². The molecule has 3 heteroatoms. The molecule has 0 saturated heterocycles. The van der Waals surface area contributed by atoms with Crippen molar-refractivity contribution in [3.05, 3.63) is 6.61 Å². The molecule has 3 nitrogen and oxygen atoms in total. The zero-order chi connectivity index (χ0) is 8.53. The Kier molecular flexibility index (Phi) is 7.15. The van der Waals surface area contributed by atoms with Gasteiger partial charge in [0.15, 0.2) is 0 Å². The molecule has 0 amide bonds. The van der Waals surface area contributed by atoms with Gasteiger partial charge in [-0.25, -0.2) is 0 Å². The zero-order valence-corrected chi connectivity index (χ0v) is 6.88. The van der Waals surface area contributed by atoms with Crippen molar-refractivity contribution in [1.82, 2.24) is 0 Å². The summed E-state index contributed by atoms with van der Waals surface area (Å²) in [6.07, 6.45) is 2.90. The van der Waals surface area contributed by atoms with E-state index in [2.05, 4.69) is 4.74 Å². The lowest BCUT2D eigenvalue weighted by atomic mass is 10.2. The second-order valence-corrected chi connectivity index (χ2v) is 2.26. The fourth-order valence-corrected chi connectivity index (χ4v) is 0.748. The quantitative estimate of drug-likeness (QED) is 0.469. The van der Waals surface area contributed by atoms with E-state index in [1.807, 2.05) is 0 Å². The van der Waals surface area contributed by atoms with Crippen molar-refractivity contribution >= 4 is 5.97 Å². The van der Waals surface area contributed by atoms with Gasteiger partial charge in [0.05, 0.1) is 0 Å². The largest absolute Gasteiger partial charge is 0.459 e. The van der Waals surface area contributed by atoms with E-state index in [-0.39, 0.29) is 12.6 Å². The Morgan fingerprint density at radius 2 is 2.18 bits per heavy atom. The summed E-state index contributed by atoms with van der Waals surface area (Å²) in [6.45, 7) is 3.26. The highest BCUT2D eigenvalue weighted by Crippen LogP contribution is 2.00. The van der Waals surface area contributed by atoms with E-state index in [0.717, 1.165) is 19.3 Å². The molecule has 0 aromatic rings. The van der Waals surface area contributed by atoms with Crippen LogP contribution in [0.1, 0.15) is 32.6 Å². The Labute approximate surface area is 67.4 Å². The fourth-order valence-electron chi connectivity index (χ4n) is 0.748. The molecule has 0 aromatic carbocycles. The molecule has 65 valence electrons. The first kappa shape index (κ1) is 10.4. The summed E-state index contributed by atoms with van der Waals surface area (Å²) in [5.41, 5.74) is 0. The van der Waals surface area contributed by atoms with Crippen molar-refractivity contribution < 1.29 is 14.6 Å². The van der Waals surface area contributed by atoms with E-state index in [4.69, 9.17) is 5.11 Å². The van der Waals surface area contributed by atoms with Crippen molar-refractivity contribution in [3.63, 3.8) is 0 Å². The number of esters is 1. The average molecular weight is 159 g/mol. The molecule has 11 heavy (non-hydrogen) atoms. The number of hydrogen-bond donors (Lipinski definition) is 1. The molecule has 0 aliphatic carbocycles. The number of rotatable bonds is 6. The first-order valence-electron chi connectivity index (χ1n) is 3.89. The minimum absolute atomic E-state index is 0.189. The van der Waals surface area contributed by atoms with Crippen molar-refractivity contribution in [1.29, 1.82) is 0 Å². The smallest absolute Gasteiger partial charge is 0.306 e. The number of aliphatic hydroxyl groups excluding tert-OH is 1. The lowest BCUT2D eigenvalue weighted by Gasteiger charge is -1.99. The van der Waals surface area contributed by atoms with Crippen LogP contribution in [0.3, 0.4) is 0 Å². The Morgan fingerprint density at radius 1 is 1.45 bits per heavy atom. The molecule has 0 atom stereocenters. The van der Waals surface area contributed by atoms with E-state index in [0.29, 0.717) is 6.42 Å². The van der Waals surface area contributed by atoms with Crippen LogP contribution in [0.2, 0.25) is 0 Å². The van der Waals surface area contributed by atoms with Crippen LogP contribution in [0.5, 0.6) is 0 Å². The van der Waals surface area contributed by atoms with Crippen LogP contribution in [0.15, 0.2) is 0 Å². The van der Waals surface area contributed by atoms with E-state index in [1.165, 1.54) is 6.61 Å². The van der Waals surface area contributed by atoms with Crippen LogP contribution in [-0.2, 0) is 9.53 Å². The van der Waals surface area contributed by atoms with Gasteiger partial charge in [0.25, 0.3) is 0 Å². The summed E-state index contributed by atoms with van der Waals surface area (Å²) in [5, 5.41) is 8.41. The van der Waals surface area contributed by atoms with Crippen molar-refractivity contribution in [2.75, 3.05) is 6.61 Å². The number of carbonyl (C=O) groups is 1. The topological polar surface area (TPSA) is 46.5 Å². The highest BCUT2D eigenvalue weighted by molar-refractivity contribution is 5.69. The molecule has 0 aliphatic rings. The standard InChI is InChI=1S/C8H15O3/c1-2-11-8(10)6-4-3-5-7-9/h2,9H,3-7H2,1H3. The highest BCUT2D eigenvalue weighted by atomic mass is 16.5. The lowest BCUT2D eigenvalue weighted by molar-refractivity contribution is -0.140. The van der Waals surface area contributed by atoms with E-state index >= 15 is 0 Å². The highest BCUT2D eigenvalue weighted by Gasteiger charge is 1.99. The average Bonchev–Trinajstić information content (AvgIpc) is 1.99. The normalized spacial score (nSPS) is 9.64. The first-order valence-corrected chi connectivity index (χ1v) is 3.89. The van der Waals surface area contributed by atoms with E-state index in [1.54, 1.807) is 6.92 Å². The van der Waals surface area contributed by atoms with Gasteiger partial charge in [-0.3, -0.25) is 4.79 Å². The van der Waals surface area contributed by atoms with Gasteiger partial charge in [0.1, 0.15) is 6.61 Å². The lowest BCUT2D eigenvalue weighted by Crippen LogP contribution is -2.00. The predicted molar refractivity (Wildman–Crippen MR) is 41.6 cm³/mol. The second-order valence-electron chi connectivity index (χ2n) is 2.26. The van der Waals surface area contributed by atoms with Gasteiger partial charge >= 0.3 is 5.97 Å². The molecule has 0 fully saturated rings. The molecule has 0 bridgehead atoms. The van der Waals surface area contributed by atoms with Gasteiger partial charge in [-0.1, -0.05) is 6.42 Å². The molecule has 0 aromatic heterocycles. The fraction of sp³-hybridized carbons (Fsp3) is 0.750. The van der Waals surface area contributed by atoms with Crippen LogP contribution >= 0.6 is 0 Å². The summed E-state index contributed by atoms with van der Waals surface area (Å²) in [6, 6.07) is 0. The van der Waals surface area contributed by atoms with Gasteiger partial charge in [-0.2, -0.15) is 0 Å². The molecular formula is C8H15O3. The Morgan fingerprint density at radius 3 is 2.73 bits per heavy atom. The Balaban J connectivity index is 3.04. The summed E-state index contributed by atoms with van der Waals surface area (Å²) >= 11 is 0. The van der Waals surface area contributed by atoms with Crippen LogP contribution in [-0.4, -0.2) is 17.7 Å². The van der Waals surface area contributed by atoms with Crippen molar-refractivity contribution in [2.24, 2.45) is 0 Å². The van der Waals surface area contributed by atoms with Crippen LogP contribution < -0.4 is 0 Å². The Hall–Kier alpha value is -0.570. The van der Waals surface area contributed by atoms with Gasteiger partial charge in [-0.15, -0.1) is 0 Å². The molecule has 1 N–H and O–H groups in total. The van der Waals surface area contributed by atoms with E-state index < -0.39 is 0 Å². The summed E-state index contributed by atoms with van der Waals surface area (Å²) in [7, 11) is 0. The van der Waals surface area contributed by atoms with Gasteiger partial charge in [0.2, 0.25) is 0 Å². The van der Waals surface area contributed by atoms with Crippen LogP contribution in [0, 0.1) is 6.61 Å². The van der Waals surface area contributed by atoms with E-state index in [9.17, 15) is 4.79 Å². The third-order valence-electron chi connectivity index (χ3n) is 1.29. The first-order chi connectivity index (χ1) is 5.31. The summed E-state index contributed by atoms with van der Waals surface area (Å²) in [5.74, 6) is -0.189. The number of aliphatic hydroxyl groups is 1.